The van der Waals surface area contributed by atoms with Crippen molar-refractivity contribution in [3.05, 3.63) is 42.5 Å². The molecule has 2 aromatic carbocycles. The minimum Gasteiger partial charge on any atom is -0.490 e. The number of hydrogen-bond acceptors (Lipinski definition) is 8. The van der Waals surface area contributed by atoms with Crippen LogP contribution in [0.25, 0.3) is 11.3 Å². The Hall–Kier alpha value is -3.75. The van der Waals surface area contributed by atoms with Gasteiger partial charge in [0.1, 0.15) is 6.61 Å². The summed E-state index contributed by atoms with van der Waals surface area (Å²) in [6.45, 7) is 4.86. The molecule has 0 fully saturated rings. The van der Waals surface area contributed by atoms with E-state index in [1.54, 1.807) is 30.3 Å². The number of aromatic nitrogens is 2. The average molecular weight is 411 g/mol. The van der Waals surface area contributed by atoms with E-state index in [2.05, 4.69) is 15.6 Å². The van der Waals surface area contributed by atoms with E-state index >= 15 is 0 Å². The highest BCUT2D eigenvalue weighted by Gasteiger charge is 2.29. The van der Waals surface area contributed by atoms with Gasteiger partial charge in [0.2, 0.25) is 11.9 Å². The van der Waals surface area contributed by atoms with E-state index in [4.69, 9.17) is 23.6 Å². The van der Waals surface area contributed by atoms with Gasteiger partial charge in [-0.15, -0.1) is 0 Å². The van der Waals surface area contributed by atoms with Crippen LogP contribution in [-0.4, -0.2) is 42.1 Å². The summed E-state index contributed by atoms with van der Waals surface area (Å²) in [5.74, 6) is 2.05. The summed E-state index contributed by atoms with van der Waals surface area (Å²) in [5, 5.41) is 10.4. The van der Waals surface area contributed by atoms with Gasteiger partial charge in [-0.1, -0.05) is 12.1 Å². The second-order valence-electron chi connectivity index (χ2n) is 6.34. The van der Waals surface area contributed by atoms with E-state index in [1.165, 1.54) is 0 Å². The first-order valence-corrected chi connectivity index (χ1v) is 9.61. The maximum absolute atomic E-state index is 12.7. The molecule has 4 rings (SSSR count). The molecular formula is C21H21N3O6. The minimum absolute atomic E-state index is 0.0843. The Balaban J connectivity index is 1.52. The number of ether oxygens (including phenoxy) is 4. The highest BCUT2D eigenvalue weighted by molar-refractivity contribution is 5.96. The Labute approximate surface area is 172 Å². The molecule has 156 valence electrons. The maximum Gasteiger partial charge on any atom is 0.270 e. The summed E-state index contributed by atoms with van der Waals surface area (Å²) in [4.78, 5) is 12.7. The van der Waals surface area contributed by atoms with Crippen molar-refractivity contribution in [2.45, 2.75) is 20.0 Å². The van der Waals surface area contributed by atoms with Crippen LogP contribution in [0.15, 0.2) is 47.1 Å². The third kappa shape index (κ3) is 4.00. The van der Waals surface area contributed by atoms with Crippen LogP contribution in [-0.2, 0) is 4.79 Å². The first-order valence-electron chi connectivity index (χ1n) is 9.61. The van der Waals surface area contributed by atoms with Crippen molar-refractivity contribution in [1.82, 2.24) is 10.3 Å². The monoisotopic (exact) mass is 411 g/mol. The number of anilines is 1. The second-order valence-corrected chi connectivity index (χ2v) is 6.34. The summed E-state index contributed by atoms with van der Waals surface area (Å²) >= 11 is 0. The molecule has 0 unspecified atom stereocenters. The Kier molecular flexibility index (Phi) is 5.69. The summed E-state index contributed by atoms with van der Waals surface area (Å²) in [7, 11) is 0. The molecule has 0 saturated carbocycles. The third-order valence-corrected chi connectivity index (χ3v) is 4.35. The molecule has 1 aliphatic rings. The molecule has 1 aliphatic heterocycles. The predicted octanol–water partition coefficient (Wildman–Crippen LogP) is 3.31. The molecule has 1 N–H and O–H groups in total. The van der Waals surface area contributed by atoms with Gasteiger partial charge in [0.25, 0.3) is 5.91 Å². The summed E-state index contributed by atoms with van der Waals surface area (Å²) in [5.41, 5.74) is 1.02. The van der Waals surface area contributed by atoms with Gasteiger partial charge < -0.3 is 24.3 Å². The largest absolute Gasteiger partial charge is 0.490 e. The molecule has 3 aromatic rings. The number of hydrogen-bond donors (Lipinski definition) is 1. The topological polar surface area (TPSA) is 105 Å². The first-order chi connectivity index (χ1) is 14.7. The lowest BCUT2D eigenvalue weighted by Gasteiger charge is -2.25. The van der Waals surface area contributed by atoms with Gasteiger partial charge in [-0.25, -0.2) is 4.63 Å². The number of para-hydroxylation sites is 2. The molecule has 2 heterocycles. The van der Waals surface area contributed by atoms with Crippen molar-refractivity contribution in [3.8, 4) is 34.3 Å². The van der Waals surface area contributed by atoms with Crippen molar-refractivity contribution < 1.29 is 28.4 Å². The smallest absolute Gasteiger partial charge is 0.270 e. The van der Waals surface area contributed by atoms with Crippen LogP contribution in [0.2, 0.25) is 0 Å². The quantitative estimate of drug-likeness (QED) is 0.631. The van der Waals surface area contributed by atoms with Crippen molar-refractivity contribution >= 4 is 11.7 Å². The van der Waals surface area contributed by atoms with Crippen LogP contribution in [0.1, 0.15) is 13.8 Å². The molecule has 0 aliphatic carbocycles. The summed E-state index contributed by atoms with van der Waals surface area (Å²) in [6, 6.07) is 12.5. The van der Waals surface area contributed by atoms with Crippen molar-refractivity contribution in [1.29, 1.82) is 0 Å². The molecule has 0 saturated heterocycles. The standard InChI is InChI=1S/C21H21N3O6/c1-3-26-15-10-9-13(11-17(15)27-4-2)19-20(24-30-23-19)22-21(25)18-12-28-14-7-5-6-8-16(14)29-18/h5-11,18H,3-4,12H2,1-2H3,(H,22,24,25)/t18-/m0/s1. The number of amides is 1. The molecule has 9 heteroatoms. The molecule has 1 aromatic heterocycles. The molecule has 30 heavy (non-hydrogen) atoms. The number of carbonyl (C=O) groups is 1. The van der Waals surface area contributed by atoms with Crippen LogP contribution in [0.5, 0.6) is 23.0 Å². The van der Waals surface area contributed by atoms with Gasteiger partial charge in [0.05, 0.1) is 13.2 Å². The Morgan fingerprint density at radius 1 is 1.07 bits per heavy atom. The lowest BCUT2D eigenvalue weighted by molar-refractivity contribution is -0.125. The van der Waals surface area contributed by atoms with Gasteiger partial charge in [-0.05, 0) is 54.5 Å². The SMILES string of the molecule is CCOc1ccc(-c2nonc2NC(=O)[C@@H]2COc3ccccc3O2)cc1OCC. The molecule has 1 atom stereocenters. The van der Waals surface area contributed by atoms with Crippen molar-refractivity contribution in [2.24, 2.45) is 0 Å². The predicted molar refractivity (Wildman–Crippen MR) is 107 cm³/mol. The lowest BCUT2D eigenvalue weighted by Crippen LogP contribution is -2.40. The number of rotatable bonds is 7. The average Bonchev–Trinajstić information content (AvgIpc) is 3.23. The van der Waals surface area contributed by atoms with Gasteiger partial charge in [0.15, 0.2) is 28.7 Å². The van der Waals surface area contributed by atoms with E-state index in [0.717, 1.165) is 0 Å². The van der Waals surface area contributed by atoms with Crippen LogP contribution >= 0.6 is 0 Å². The zero-order valence-electron chi connectivity index (χ0n) is 16.6. The number of fused-ring (bicyclic) bond motifs is 1. The number of benzene rings is 2. The first kappa shape index (κ1) is 19.6. The lowest BCUT2D eigenvalue weighted by atomic mass is 10.1. The fraction of sp³-hybridized carbons (Fsp3) is 0.286. The highest BCUT2D eigenvalue weighted by atomic mass is 16.6. The number of carbonyl (C=O) groups excluding carboxylic acids is 1. The van der Waals surface area contributed by atoms with E-state index in [-0.39, 0.29) is 12.4 Å². The van der Waals surface area contributed by atoms with E-state index < -0.39 is 12.0 Å². The normalized spacial score (nSPS) is 14.8. The Morgan fingerprint density at radius 2 is 1.83 bits per heavy atom. The van der Waals surface area contributed by atoms with E-state index in [9.17, 15) is 4.79 Å². The van der Waals surface area contributed by atoms with Gasteiger partial charge >= 0.3 is 0 Å². The summed E-state index contributed by atoms with van der Waals surface area (Å²) in [6.07, 6.45) is -0.830. The van der Waals surface area contributed by atoms with Gasteiger partial charge in [-0.2, -0.15) is 0 Å². The fourth-order valence-corrected chi connectivity index (χ4v) is 3.00. The molecule has 9 nitrogen and oxygen atoms in total. The molecule has 1 amide bonds. The zero-order chi connectivity index (χ0) is 20.9. The third-order valence-electron chi connectivity index (χ3n) is 4.35. The van der Waals surface area contributed by atoms with Crippen molar-refractivity contribution in [3.63, 3.8) is 0 Å². The Bertz CT molecular complexity index is 1040. The summed E-state index contributed by atoms with van der Waals surface area (Å²) < 4.78 is 27.4. The van der Waals surface area contributed by atoms with Crippen LogP contribution in [0, 0.1) is 0 Å². The molecule has 0 radical (unpaired) electrons. The van der Waals surface area contributed by atoms with E-state index in [0.29, 0.717) is 47.5 Å². The highest BCUT2D eigenvalue weighted by Crippen LogP contribution is 2.35. The van der Waals surface area contributed by atoms with Crippen molar-refractivity contribution in [2.75, 3.05) is 25.1 Å². The van der Waals surface area contributed by atoms with Crippen LogP contribution in [0.4, 0.5) is 5.82 Å². The number of nitrogens with one attached hydrogen (secondary N) is 1. The number of nitrogens with zero attached hydrogens (tertiary/aromatic N) is 2. The zero-order valence-corrected chi connectivity index (χ0v) is 16.6. The van der Waals surface area contributed by atoms with Gasteiger partial charge in [-0.3, -0.25) is 4.79 Å². The minimum atomic E-state index is -0.830. The molecular weight excluding hydrogens is 390 g/mol. The Morgan fingerprint density at radius 3 is 2.63 bits per heavy atom. The molecule has 0 bridgehead atoms. The van der Waals surface area contributed by atoms with Crippen LogP contribution < -0.4 is 24.3 Å². The van der Waals surface area contributed by atoms with Crippen LogP contribution in [0.3, 0.4) is 0 Å². The van der Waals surface area contributed by atoms with E-state index in [1.807, 2.05) is 26.0 Å². The molecule has 0 spiro atoms. The second kappa shape index (κ2) is 8.73. The maximum atomic E-state index is 12.7. The fourth-order valence-electron chi connectivity index (χ4n) is 3.00. The van der Waals surface area contributed by atoms with Gasteiger partial charge in [0, 0.05) is 5.56 Å².